The van der Waals surface area contributed by atoms with Gasteiger partial charge in [0.15, 0.2) is 0 Å². The van der Waals surface area contributed by atoms with Crippen molar-refractivity contribution in [1.29, 1.82) is 0 Å². The molecule has 0 radical (unpaired) electrons. The van der Waals surface area contributed by atoms with Gasteiger partial charge in [0.25, 0.3) is 0 Å². The fraction of sp³-hybridized carbons (Fsp3) is 1.00. The highest BCUT2D eigenvalue weighted by Gasteiger charge is 1.97. The molecule has 0 fully saturated rings. The first-order valence-corrected chi connectivity index (χ1v) is 2.26. The van der Waals surface area contributed by atoms with E-state index in [4.69, 9.17) is 0 Å². The summed E-state index contributed by atoms with van der Waals surface area (Å²) in [6.07, 6.45) is 0. The van der Waals surface area contributed by atoms with Gasteiger partial charge in [0.05, 0.1) is 7.11 Å². The largest absolute Gasteiger partial charge is 0.600 e. The van der Waals surface area contributed by atoms with Crippen molar-refractivity contribution in [3.05, 3.63) is 5.21 Å². The maximum atomic E-state index is 10.3. The molecular formula is C4H11NO2. The van der Waals surface area contributed by atoms with E-state index in [1.807, 2.05) is 0 Å². The first-order chi connectivity index (χ1) is 3.18. The van der Waals surface area contributed by atoms with Gasteiger partial charge in [-0.3, -0.25) is 0 Å². The van der Waals surface area contributed by atoms with Crippen LogP contribution in [0.15, 0.2) is 0 Å². The minimum absolute atomic E-state index is 0.00463. The summed E-state index contributed by atoms with van der Waals surface area (Å²) in [6.45, 7) is 3.59. The van der Waals surface area contributed by atoms with Crippen molar-refractivity contribution in [2.24, 2.45) is 0 Å². The minimum atomic E-state index is -0.153. The zero-order chi connectivity index (χ0) is 5.86. The van der Waals surface area contributed by atoms with Gasteiger partial charge in [-0.15, -0.1) is 0 Å². The van der Waals surface area contributed by atoms with Crippen molar-refractivity contribution in [2.75, 3.05) is 7.11 Å². The lowest BCUT2D eigenvalue weighted by Gasteiger charge is -2.20. The number of hydrogen-bond donors (Lipinski definition) is 1. The molecule has 0 aromatic carbocycles. The summed E-state index contributed by atoms with van der Waals surface area (Å²) >= 11 is 0. The third-order valence-corrected chi connectivity index (χ3v) is 0.673. The Morgan fingerprint density at radius 1 is 1.57 bits per heavy atom. The van der Waals surface area contributed by atoms with Crippen LogP contribution >= 0.6 is 0 Å². The van der Waals surface area contributed by atoms with Gasteiger partial charge in [0.1, 0.15) is 6.04 Å². The van der Waals surface area contributed by atoms with Crippen LogP contribution in [0, 0.1) is 5.21 Å². The van der Waals surface area contributed by atoms with E-state index in [1.165, 1.54) is 7.11 Å². The lowest BCUT2D eigenvalue weighted by atomic mass is 10.4. The second kappa shape index (κ2) is 2.96. The van der Waals surface area contributed by atoms with Gasteiger partial charge < -0.3 is 5.21 Å². The number of quaternary nitrogens is 1. The minimum Gasteiger partial charge on any atom is -0.600 e. The summed E-state index contributed by atoms with van der Waals surface area (Å²) in [7, 11) is 1.39. The van der Waals surface area contributed by atoms with Crippen molar-refractivity contribution in [3.63, 3.8) is 0 Å². The molecule has 1 atom stereocenters. The zero-order valence-electron chi connectivity index (χ0n) is 4.89. The number of hydrogen-bond acceptors (Lipinski definition) is 2. The lowest BCUT2D eigenvalue weighted by molar-refractivity contribution is -1.06. The number of nitrogens with one attached hydrogen (secondary N) is 1. The molecule has 0 spiro atoms. The Morgan fingerprint density at radius 3 is 2.00 bits per heavy atom. The SMILES string of the molecule is CO[NH+]([O-])C(C)C. The Labute approximate surface area is 43.4 Å². The molecule has 0 amide bonds. The maximum absolute atomic E-state index is 10.3. The average molecular weight is 105 g/mol. The predicted octanol–water partition coefficient (Wildman–Crippen LogP) is -0.661. The summed E-state index contributed by atoms with van der Waals surface area (Å²) in [6, 6.07) is 0.00463. The van der Waals surface area contributed by atoms with E-state index >= 15 is 0 Å². The third-order valence-electron chi connectivity index (χ3n) is 0.673. The second-order valence-electron chi connectivity index (χ2n) is 1.68. The standard InChI is InChI=1S/C4H11NO2/c1-4(2)5(6)7-3/h4-5H,1-3H3. The van der Waals surface area contributed by atoms with Crippen LogP contribution in [0.4, 0.5) is 0 Å². The van der Waals surface area contributed by atoms with Crippen LogP contribution in [-0.2, 0) is 4.84 Å². The van der Waals surface area contributed by atoms with E-state index in [2.05, 4.69) is 4.84 Å². The molecule has 0 saturated carbocycles. The first kappa shape index (κ1) is 6.88. The zero-order valence-corrected chi connectivity index (χ0v) is 4.89. The summed E-state index contributed by atoms with van der Waals surface area (Å²) in [5.41, 5.74) is 0. The van der Waals surface area contributed by atoms with Crippen LogP contribution in [0.3, 0.4) is 0 Å². The van der Waals surface area contributed by atoms with Gasteiger partial charge in [-0.1, -0.05) is 0 Å². The van der Waals surface area contributed by atoms with Crippen molar-refractivity contribution in [1.82, 2.24) is 0 Å². The van der Waals surface area contributed by atoms with Crippen molar-refractivity contribution < 1.29 is 10.1 Å². The molecule has 0 aromatic heterocycles. The maximum Gasteiger partial charge on any atom is 0.111 e. The Hall–Kier alpha value is -0.120. The Balaban J connectivity index is 3.14. The highest BCUT2D eigenvalue weighted by atomic mass is 16.9. The molecule has 3 heteroatoms. The lowest BCUT2D eigenvalue weighted by Crippen LogP contribution is -3.09. The van der Waals surface area contributed by atoms with Gasteiger partial charge in [0, 0.05) is 0 Å². The van der Waals surface area contributed by atoms with Crippen LogP contribution in [-0.4, -0.2) is 13.2 Å². The molecule has 0 aliphatic heterocycles. The fourth-order valence-corrected chi connectivity index (χ4v) is 0.236. The molecule has 0 saturated heterocycles. The van der Waals surface area contributed by atoms with Gasteiger partial charge in [0.2, 0.25) is 0 Å². The molecular weight excluding hydrogens is 94.0 g/mol. The van der Waals surface area contributed by atoms with Crippen LogP contribution in [0.2, 0.25) is 0 Å². The molecule has 0 bridgehead atoms. The van der Waals surface area contributed by atoms with Crippen LogP contribution in [0.25, 0.3) is 0 Å². The molecule has 0 rings (SSSR count). The van der Waals surface area contributed by atoms with Crippen molar-refractivity contribution in [2.45, 2.75) is 19.9 Å². The molecule has 44 valence electrons. The summed E-state index contributed by atoms with van der Waals surface area (Å²) in [5.74, 6) is 0. The van der Waals surface area contributed by atoms with Crippen LogP contribution < -0.4 is 5.23 Å². The number of rotatable bonds is 2. The first-order valence-electron chi connectivity index (χ1n) is 2.26. The Kier molecular flexibility index (Phi) is 2.91. The predicted molar refractivity (Wildman–Crippen MR) is 26.5 cm³/mol. The Morgan fingerprint density at radius 2 is 2.00 bits per heavy atom. The topological polar surface area (TPSA) is 36.7 Å². The molecule has 3 nitrogen and oxygen atoms in total. The van der Waals surface area contributed by atoms with Crippen LogP contribution in [0.5, 0.6) is 0 Å². The van der Waals surface area contributed by atoms with E-state index in [9.17, 15) is 5.21 Å². The van der Waals surface area contributed by atoms with Gasteiger partial charge >= 0.3 is 0 Å². The molecule has 0 aromatic rings. The van der Waals surface area contributed by atoms with E-state index in [-0.39, 0.29) is 11.3 Å². The summed E-state index contributed by atoms with van der Waals surface area (Å²) < 4.78 is 0. The Bertz CT molecular complexity index is 47.0. The third kappa shape index (κ3) is 2.56. The molecule has 7 heavy (non-hydrogen) atoms. The van der Waals surface area contributed by atoms with E-state index in [0.717, 1.165) is 0 Å². The fourth-order valence-electron chi connectivity index (χ4n) is 0.236. The molecule has 0 aliphatic carbocycles. The molecule has 1 N–H and O–H groups in total. The quantitative estimate of drug-likeness (QED) is 0.473. The highest BCUT2D eigenvalue weighted by molar-refractivity contribution is 4.25. The van der Waals surface area contributed by atoms with E-state index in [0.29, 0.717) is 0 Å². The molecule has 0 aliphatic rings. The summed E-state index contributed by atoms with van der Waals surface area (Å²) in [5, 5.41) is 10.1. The van der Waals surface area contributed by atoms with Crippen molar-refractivity contribution in [3.8, 4) is 0 Å². The van der Waals surface area contributed by atoms with Gasteiger partial charge in [-0.25, -0.2) is 10.1 Å². The molecule has 1 unspecified atom stereocenters. The monoisotopic (exact) mass is 105 g/mol. The highest BCUT2D eigenvalue weighted by Crippen LogP contribution is 1.63. The smallest absolute Gasteiger partial charge is 0.111 e. The van der Waals surface area contributed by atoms with E-state index in [1.54, 1.807) is 13.8 Å². The molecule has 0 heterocycles. The average Bonchev–Trinajstić information content (AvgIpc) is 1.65. The normalized spacial score (nSPS) is 15.0. The van der Waals surface area contributed by atoms with Gasteiger partial charge in [-0.2, -0.15) is 0 Å². The number of hydroxylamine groups is 2. The second-order valence-corrected chi connectivity index (χ2v) is 1.68. The van der Waals surface area contributed by atoms with Crippen molar-refractivity contribution >= 4 is 0 Å². The summed E-state index contributed by atoms with van der Waals surface area (Å²) in [4.78, 5) is 4.37. The van der Waals surface area contributed by atoms with Gasteiger partial charge in [-0.05, 0) is 13.8 Å². The van der Waals surface area contributed by atoms with Crippen LogP contribution in [0.1, 0.15) is 13.8 Å². The van der Waals surface area contributed by atoms with E-state index < -0.39 is 0 Å².